The van der Waals surface area contributed by atoms with Crippen LogP contribution in [0.15, 0.2) is 51.8 Å². The summed E-state index contributed by atoms with van der Waals surface area (Å²) >= 11 is 5.06. The van der Waals surface area contributed by atoms with Gasteiger partial charge in [-0.25, -0.2) is 4.39 Å². The number of fused-ring (bicyclic) bond motifs is 1. The standard InChI is InChI=1S/C16H14BrFO2S/c17-12-6-5-11(18)7-10(12)8-13(19)15-9-21-16-4-2-1-3-14(16)20-15/h1-7,13,15,19H,8-9H2. The lowest BCUT2D eigenvalue weighted by Crippen LogP contribution is -2.37. The van der Waals surface area contributed by atoms with E-state index in [2.05, 4.69) is 15.9 Å². The van der Waals surface area contributed by atoms with Crippen molar-refractivity contribution < 1.29 is 14.2 Å². The molecule has 2 unspecified atom stereocenters. The summed E-state index contributed by atoms with van der Waals surface area (Å²) in [6.07, 6.45) is -0.616. The summed E-state index contributed by atoms with van der Waals surface area (Å²) < 4.78 is 20.0. The maximum Gasteiger partial charge on any atom is 0.134 e. The molecule has 0 radical (unpaired) electrons. The van der Waals surface area contributed by atoms with E-state index in [0.717, 1.165) is 20.7 Å². The van der Waals surface area contributed by atoms with Crippen LogP contribution in [0.3, 0.4) is 0 Å². The second-order valence-corrected chi connectivity index (χ2v) is 6.84. The number of aliphatic hydroxyl groups excluding tert-OH is 1. The molecule has 2 aromatic carbocycles. The van der Waals surface area contributed by atoms with Crippen molar-refractivity contribution in [1.82, 2.24) is 0 Å². The number of halogens is 2. The number of hydrogen-bond donors (Lipinski definition) is 1. The smallest absolute Gasteiger partial charge is 0.134 e. The minimum atomic E-state index is -0.677. The Kier molecular flexibility index (Phi) is 4.52. The molecule has 3 rings (SSSR count). The SMILES string of the molecule is OC(Cc1cc(F)ccc1Br)C1CSc2ccccc2O1. The first-order chi connectivity index (χ1) is 10.1. The maximum atomic E-state index is 13.3. The third-order valence-electron chi connectivity index (χ3n) is 3.40. The zero-order valence-electron chi connectivity index (χ0n) is 11.1. The first-order valence-corrected chi connectivity index (χ1v) is 8.42. The van der Waals surface area contributed by atoms with Gasteiger partial charge in [-0.15, -0.1) is 11.8 Å². The van der Waals surface area contributed by atoms with Crippen LogP contribution in [0.25, 0.3) is 0 Å². The van der Waals surface area contributed by atoms with Crippen LogP contribution < -0.4 is 4.74 Å². The lowest BCUT2D eigenvalue weighted by Gasteiger charge is -2.29. The van der Waals surface area contributed by atoms with E-state index < -0.39 is 6.10 Å². The summed E-state index contributed by atoms with van der Waals surface area (Å²) in [5.74, 6) is 1.19. The van der Waals surface area contributed by atoms with Crippen LogP contribution in [-0.2, 0) is 6.42 Å². The van der Waals surface area contributed by atoms with E-state index in [-0.39, 0.29) is 11.9 Å². The van der Waals surface area contributed by atoms with E-state index in [1.807, 2.05) is 24.3 Å². The molecule has 21 heavy (non-hydrogen) atoms. The predicted octanol–water partition coefficient (Wildman–Crippen LogP) is 4.04. The molecule has 1 heterocycles. The lowest BCUT2D eigenvalue weighted by molar-refractivity contribution is 0.0467. The molecule has 0 aromatic heterocycles. The second-order valence-electron chi connectivity index (χ2n) is 4.92. The topological polar surface area (TPSA) is 29.5 Å². The van der Waals surface area contributed by atoms with E-state index in [0.29, 0.717) is 12.2 Å². The van der Waals surface area contributed by atoms with Crippen molar-refractivity contribution in [2.75, 3.05) is 5.75 Å². The molecule has 0 fully saturated rings. The number of hydrogen-bond acceptors (Lipinski definition) is 3. The monoisotopic (exact) mass is 368 g/mol. The molecule has 0 saturated heterocycles. The molecule has 0 amide bonds. The molecule has 110 valence electrons. The molecule has 0 spiro atoms. The average Bonchev–Trinajstić information content (AvgIpc) is 2.50. The van der Waals surface area contributed by atoms with Crippen molar-refractivity contribution in [2.45, 2.75) is 23.5 Å². The van der Waals surface area contributed by atoms with Crippen molar-refractivity contribution in [3.8, 4) is 5.75 Å². The highest BCUT2D eigenvalue weighted by Gasteiger charge is 2.27. The van der Waals surface area contributed by atoms with Crippen LogP contribution in [0, 0.1) is 5.82 Å². The first kappa shape index (κ1) is 14.9. The zero-order chi connectivity index (χ0) is 14.8. The number of rotatable bonds is 3. The summed E-state index contributed by atoms with van der Waals surface area (Å²) in [6, 6.07) is 12.3. The van der Waals surface area contributed by atoms with E-state index >= 15 is 0 Å². The summed E-state index contributed by atoms with van der Waals surface area (Å²) in [5.41, 5.74) is 0.745. The Morgan fingerprint density at radius 3 is 3.00 bits per heavy atom. The molecule has 0 aliphatic carbocycles. The van der Waals surface area contributed by atoms with Gasteiger partial charge in [0, 0.05) is 21.5 Å². The Morgan fingerprint density at radius 1 is 1.33 bits per heavy atom. The Hall–Kier alpha value is -1.04. The average molecular weight is 369 g/mol. The van der Waals surface area contributed by atoms with Crippen molar-refractivity contribution in [1.29, 1.82) is 0 Å². The second kappa shape index (κ2) is 6.38. The van der Waals surface area contributed by atoms with Gasteiger partial charge < -0.3 is 9.84 Å². The number of aliphatic hydroxyl groups is 1. The zero-order valence-corrected chi connectivity index (χ0v) is 13.5. The third-order valence-corrected chi connectivity index (χ3v) is 5.31. The number of benzene rings is 2. The van der Waals surface area contributed by atoms with Gasteiger partial charge in [-0.1, -0.05) is 28.1 Å². The van der Waals surface area contributed by atoms with Crippen LogP contribution in [0.4, 0.5) is 4.39 Å². The molecule has 0 saturated carbocycles. The molecule has 2 nitrogen and oxygen atoms in total. The van der Waals surface area contributed by atoms with Gasteiger partial charge in [0.25, 0.3) is 0 Å². The minimum Gasteiger partial charge on any atom is -0.486 e. The highest BCUT2D eigenvalue weighted by atomic mass is 79.9. The molecule has 2 atom stereocenters. The fourth-order valence-electron chi connectivity index (χ4n) is 2.28. The van der Waals surface area contributed by atoms with Crippen LogP contribution >= 0.6 is 27.7 Å². The van der Waals surface area contributed by atoms with E-state index in [9.17, 15) is 9.50 Å². The van der Waals surface area contributed by atoms with Gasteiger partial charge >= 0.3 is 0 Å². The molecule has 5 heteroatoms. The normalized spacial score (nSPS) is 18.7. The molecule has 0 bridgehead atoms. The van der Waals surface area contributed by atoms with Gasteiger partial charge in [0.05, 0.1) is 6.10 Å². The Balaban J connectivity index is 1.72. The maximum absolute atomic E-state index is 13.3. The Labute approximate surface area is 135 Å². The quantitative estimate of drug-likeness (QED) is 0.886. The largest absolute Gasteiger partial charge is 0.486 e. The number of ether oxygens (including phenoxy) is 1. The third kappa shape index (κ3) is 3.42. The number of thioether (sulfide) groups is 1. The Morgan fingerprint density at radius 2 is 2.14 bits per heavy atom. The molecule has 2 aromatic rings. The van der Waals surface area contributed by atoms with E-state index in [1.165, 1.54) is 12.1 Å². The summed E-state index contributed by atoms with van der Waals surface area (Å²) in [6.45, 7) is 0. The first-order valence-electron chi connectivity index (χ1n) is 6.64. The summed E-state index contributed by atoms with van der Waals surface area (Å²) in [7, 11) is 0. The fourth-order valence-corrected chi connectivity index (χ4v) is 3.76. The van der Waals surface area contributed by atoms with Gasteiger partial charge in [-0.3, -0.25) is 0 Å². The molecular formula is C16H14BrFO2S. The fraction of sp³-hybridized carbons (Fsp3) is 0.250. The van der Waals surface area contributed by atoms with Gasteiger partial charge in [0.2, 0.25) is 0 Å². The van der Waals surface area contributed by atoms with Crippen LogP contribution in [0.1, 0.15) is 5.56 Å². The van der Waals surface area contributed by atoms with Gasteiger partial charge in [-0.05, 0) is 35.9 Å². The number of para-hydroxylation sites is 1. The van der Waals surface area contributed by atoms with Crippen LogP contribution in [0.2, 0.25) is 0 Å². The minimum absolute atomic E-state index is 0.292. The van der Waals surface area contributed by atoms with E-state index in [4.69, 9.17) is 4.74 Å². The Bertz CT molecular complexity index is 650. The van der Waals surface area contributed by atoms with Gasteiger partial charge in [-0.2, -0.15) is 0 Å². The molecule has 1 aliphatic rings. The highest BCUT2D eigenvalue weighted by Crippen LogP contribution is 2.36. The highest BCUT2D eigenvalue weighted by molar-refractivity contribution is 9.10. The lowest BCUT2D eigenvalue weighted by atomic mass is 10.0. The van der Waals surface area contributed by atoms with Crippen LogP contribution in [0.5, 0.6) is 5.75 Å². The van der Waals surface area contributed by atoms with Gasteiger partial charge in [0.15, 0.2) is 0 Å². The van der Waals surface area contributed by atoms with Crippen molar-refractivity contribution in [3.63, 3.8) is 0 Å². The van der Waals surface area contributed by atoms with Crippen molar-refractivity contribution in [3.05, 3.63) is 58.3 Å². The van der Waals surface area contributed by atoms with E-state index in [1.54, 1.807) is 17.8 Å². The predicted molar refractivity (Wildman–Crippen MR) is 85.4 cm³/mol. The van der Waals surface area contributed by atoms with Crippen molar-refractivity contribution in [2.24, 2.45) is 0 Å². The summed E-state index contributed by atoms with van der Waals surface area (Å²) in [4.78, 5) is 1.09. The van der Waals surface area contributed by atoms with Crippen molar-refractivity contribution >= 4 is 27.7 Å². The van der Waals surface area contributed by atoms with Gasteiger partial charge in [0.1, 0.15) is 17.7 Å². The molecular weight excluding hydrogens is 355 g/mol. The summed E-state index contributed by atoms with van der Waals surface area (Å²) in [5, 5.41) is 10.4. The molecule has 1 aliphatic heterocycles. The van der Waals surface area contributed by atoms with Crippen LogP contribution in [-0.4, -0.2) is 23.1 Å². The molecule has 1 N–H and O–H groups in total.